The third-order valence-electron chi connectivity index (χ3n) is 3.69. The predicted octanol–water partition coefficient (Wildman–Crippen LogP) is 2.57. The SMILES string of the molecule is CC(=O)SC1CC(=O)N(c2ccc(-n3ccnc3C)cc2)C1. The molecule has 0 bridgehead atoms. The molecule has 1 aromatic carbocycles. The molecule has 5 nitrogen and oxygen atoms in total. The highest BCUT2D eigenvalue weighted by molar-refractivity contribution is 8.14. The van der Waals surface area contributed by atoms with E-state index in [1.807, 2.05) is 42.0 Å². The van der Waals surface area contributed by atoms with Crippen LogP contribution >= 0.6 is 11.8 Å². The first kappa shape index (κ1) is 14.8. The molecular weight excluding hydrogens is 298 g/mol. The maximum absolute atomic E-state index is 12.1. The highest BCUT2D eigenvalue weighted by Crippen LogP contribution is 2.29. The van der Waals surface area contributed by atoms with Gasteiger partial charge in [0.15, 0.2) is 5.12 Å². The molecule has 6 heteroatoms. The summed E-state index contributed by atoms with van der Waals surface area (Å²) in [6, 6.07) is 7.83. The van der Waals surface area contributed by atoms with E-state index in [2.05, 4.69) is 4.98 Å². The van der Waals surface area contributed by atoms with Gasteiger partial charge in [-0.3, -0.25) is 9.59 Å². The molecule has 0 aliphatic carbocycles. The number of carbonyl (C=O) groups is 2. The van der Waals surface area contributed by atoms with Gasteiger partial charge in [0.25, 0.3) is 0 Å². The van der Waals surface area contributed by atoms with Crippen molar-refractivity contribution in [3.05, 3.63) is 42.5 Å². The van der Waals surface area contributed by atoms with Gasteiger partial charge in [0.2, 0.25) is 5.91 Å². The first-order valence-corrected chi connectivity index (χ1v) is 8.00. The Bertz CT molecular complexity index is 708. The Morgan fingerprint density at radius 3 is 2.55 bits per heavy atom. The van der Waals surface area contributed by atoms with E-state index in [1.165, 1.54) is 11.8 Å². The van der Waals surface area contributed by atoms with E-state index < -0.39 is 0 Å². The molecule has 0 N–H and O–H groups in total. The minimum Gasteiger partial charge on any atom is -0.311 e. The number of hydrogen-bond donors (Lipinski definition) is 0. The lowest BCUT2D eigenvalue weighted by Crippen LogP contribution is -2.24. The Morgan fingerprint density at radius 1 is 1.27 bits per heavy atom. The molecule has 0 radical (unpaired) electrons. The number of thioether (sulfide) groups is 1. The topological polar surface area (TPSA) is 55.2 Å². The first-order chi connectivity index (χ1) is 10.5. The summed E-state index contributed by atoms with van der Waals surface area (Å²) in [5.74, 6) is 0.994. The molecule has 3 rings (SSSR count). The monoisotopic (exact) mass is 315 g/mol. The number of carbonyl (C=O) groups excluding carboxylic acids is 2. The Balaban J connectivity index is 1.77. The normalized spacial score (nSPS) is 18.0. The molecule has 1 unspecified atom stereocenters. The third kappa shape index (κ3) is 2.92. The summed E-state index contributed by atoms with van der Waals surface area (Å²) in [5, 5.41) is 0.117. The first-order valence-electron chi connectivity index (χ1n) is 7.12. The minimum atomic E-state index is 0.0561. The summed E-state index contributed by atoms with van der Waals surface area (Å²) >= 11 is 1.25. The fourth-order valence-corrected chi connectivity index (χ4v) is 3.60. The van der Waals surface area contributed by atoms with Crippen molar-refractivity contribution in [3.8, 4) is 5.69 Å². The van der Waals surface area contributed by atoms with Crippen molar-refractivity contribution >= 4 is 28.5 Å². The largest absolute Gasteiger partial charge is 0.311 e. The summed E-state index contributed by atoms with van der Waals surface area (Å²) < 4.78 is 1.99. The lowest BCUT2D eigenvalue weighted by Gasteiger charge is -2.17. The quantitative estimate of drug-likeness (QED) is 0.873. The van der Waals surface area contributed by atoms with Crippen LogP contribution in [0.25, 0.3) is 5.69 Å². The van der Waals surface area contributed by atoms with E-state index >= 15 is 0 Å². The van der Waals surface area contributed by atoms with Gasteiger partial charge in [-0.1, -0.05) is 11.8 Å². The van der Waals surface area contributed by atoms with Crippen LogP contribution in [-0.2, 0) is 9.59 Å². The lowest BCUT2D eigenvalue weighted by molar-refractivity contribution is -0.117. The second-order valence-corrected chi connectivity index (χ2v) is 6.78. The molecule has 2 heterocycles. The van der Waals surface area contributed by atoms with Crippen molar-refractivity contribution in [1.82, 2.24) is 9.55 Å². The van der Waals surface area contributed by atoms with Crippen LogP contribution in [0.4, 0.5) is 5.69 Å². The maximum Gasteiger partial charge on any atom is 0.228 e. The number of aryl methyl sites for hydroxylation is 1. The molecule has 22 heavy (non-hydrogen) atoms. The van der Waals surface area contributed by atoms with E-state index in [1.54, 1.807) is 18.0 Å². The van der Waals surface area contributed by atoms with E-state index in [4.69, 9.17) is 0 Å². The molecule has 1 fully saturated rings. The van der Waals surface area contributed by atoms with Crippen molar-refractivity contribution in [3.63, 3.8) is 0 Å². The van der Waals surface area contributed by atoms with Crippen LogP contribution in [0.5, 0.6) is 0 Å². The summed E-state index contributed by atoms with van der Waals surface area (Å²) in [4.78, 5) is 29.3. The number of imidazole rings is 1. The van der Waals surface area contributed by atoms with Gasteiger partial charge in [0.1, 0.15) is 5.82 Å². The van der Waals surface area contributed by atoms with Crippen molar-refractivity contribution in [2.24, 2.45) is 0 Å². The molecule has 1 saturated heterocycles. The summed E-state index contributed by atoms with van der Waals surface area (Å²) in [7, 11) is 0. The summed E-state index contributed by atoms with van der Waals surface area (Å²) in [5.41, 5.74) is 1.89. The Labute approximate surface area is 133 Å². The number of benzene rings is 1. The predicted molar refractivity (Wildman–Crippen MR) is 87.3 cm³/mol. The average molecular weight is 315 g/mol. The Kier molecular flexibility index (Phi) is 4.02. The second-order valence-electron chi connectivity index (χ2n) is 5.30. The van der Waals surface area contributed by atoms with Crippen LogP contribution in [0.15, 0.2) is 36.7 Å². The lowest BCUT2D eigenvalue weighted by atomic mass is 10.2. The maximum atomic E-state index is 12.1. The summed E-state index contributed by atoms with van der Waals surface area (Å²) in [6.07, 6.45) is 4.09. The number of hydrogen-bond acceptors (Lipinski definition) is 4. The van der Waals surface area contributed by atoms with Gasteiger partial charge in [-0.25, -0.2) is 4.98 Å². The molecule has 0 spiro atoms. The van der Waals surface area contributed by atoms with Gasteiger partial charge >= 0.3 is 0 Å². The zero-order chi connectivity index (χ0) is 15.7. The summed E-state index contributed by atoms with van der Waals surface area (Å²) in [6.45, 7) is 4.08. The smallest absolute Gasteiger partial charge is 0.228 e. The van der Waals surface area contributed by atoms with E-state index in [9.17, 15) is 9.59 Å². The van der Waals surface area contributed by atoms with E-state index in [-0.39, 0.29) is 16.3 Å². The fraction of sp³-hybridized carbons (Fsp3) is 0.312. The number of aromatic nitrogens is 2. The zero-order valence-corrected chi connectivity index (χ0v) is 13.3. The van der Waals surface area contributed by atoms with Gasteiger partial charge < -0.3 is 9.47 Å². The second kappa shape index (κ2) is 5.96. The Hall–Kier alpha value is -2.08. The molecular formula is C16H17N3O2S. The molecule has 1 amide bonds. The standard InChI is InChI=1S/C16H17N3O2S/c1-11-17-7-8-18(11)13-3-5-14(6-4-13)19-10-15(9-16(19)21)22-12(2)20/h3-8,15H,9-10H2,1-2H3. The van der Waals surface area contributed by atoms with Crippen LogP contribution in [0, 0.1) is 6.92 Å². The van der Waals surface area contributed by atoms with Crippen molar-refractivity contribution in [2.45, 2.75) is 25.5 Å². The van der Waals surface area contributed by atoms with Crippen LogP contribution in [0.2, 0.25) is 0 Å². The molecule has 1 atom stereocenters. The van der Waals surface area contributed by atoms with E-state index in [0.717, 1.165) is 17.2 Å². The minimum absolute atomic E-state index is 0.0561. The van der Waals surface area contributed by atoms with Crippen LogP contribution in [0.1, 0.15) is 19.2 Å². The fourth-order valence-electron chi connectivity index (χ4n) is 2.68. The molecule has 1 aliphatic rings. The number of anilines is 1. The Morgan fingerprint density at radius 2 is 1.95 bits per heavy atom. The van der Waals surface area contributed by atoms with Crippen LogP contribution in [0.3, 0.4) is 0 Å². The molecule has 1 aromatic heterocycles. The van der Waals surface area contributed by atoms with Crippen LogP contribution < -0.4 is 4.90 Å². The van der Waals surface area contributed by atoms with Crippen molar-refractivity contribution in [2.75, 3.05) is 11.4 Å². The molecule has 114 valence electrons. The van der Waals surface area contributed by atoms with Crippen LogP contribution in [-0.4, -0.2) is 32.4 Å². The molecule has 0 saturated carbocycles. The number of rotatable bonds is 3. The highest BCUT2D eigenvalue weighted by Gasteiger charge is 2.31. The molecule has 1 aliphatic heterocycles. The van der Waals surface area contributed by atoms with Gasteiger partial charge in [0.05, 0.1) is 0 Å². The molecule has 2 aromatic rings. The van der Waals surface area contributed by atoms with Gasteiger partial charge in [-0.2, -0.15) is 0 Å². The third-order valence-corrected chi connectivity index (χ3v) is 4.67. The average Bonchev–Trinajstić information content (AvgIpc) is 3.04. The van der Waals surface area contributed by atoms with Gasteiger partial charge in [0, 0.05) is 48.9 Å². The number of nitrogens with zero attached hydrogens (tertiary/aromatic N) is 3. The van der Waals surface area contributed by atoms with Crippen molar-refractivity contribution < 1.29 is 9.59 Å². The van der Waals surface area contributed by atoms with Crippen molar-refractivity contribution in [1.29, 1.82) is 0 Å². The highest BCUT2D eigenvalue weighted by atomic mass is 32.2. The zero-order valence-electron chi connectivity index (χ0n) is 12.5. The van der Waals surface area contributed by atoms with E-state index in [0.29, 0.717) is 13.0 Å². The van der Waals surface area contributed by atoms with Gasteiger partial charge in [-0.05, 0) is 31.2 Å². The number of amides is 1. The van der Waals surface area contributed by atoms with Gasteiger partial charge in [-0.15, -0.1) is 0 Å².